The predicted octanol–water partition coefficient (Wildman–Crippen LogP) is 4.60. The zero-order valence-corrected chi connectivity index (χ0v) is 20.9. The van der Waals surface area contributed by atoms with Crippen LogP contribution in [0.5, 0.6) is 0 Å². The van der Waals surface area contributed by atoms with Crippen LogP contribution in [0.4, 0.5) is 11.4 Å². The van der Waals surface area contributed by atoms with Gasteiger partial charge in [-0.15, -0.1) is 0 Å². The molecule has 0 radical (unpaired) electrons. The van der Waals surface area contributed by atoms with E-state index in [1.54, 1.807) is 6.92 Å². The summed E-state index contributed by atoms with van der Waals surface area (Å²) in [6.45, 7) is 3.79. The summed E-state index contributed by atoms with van der Waals surface area (Å²) < 4.78 is 26.0. The molecular formula is C25H33N3O5S. The molecule has 0 unspecified atom stereocenters. The Morgan fingerprint density at radius 3 is 2.50 bits per heavy atom. The van der Waals surface area contributed by atoms with Crippen LogP contribution in [-0.2, 0) is 27.7 Å². The highest BCUT2D eigenvalue weighted by Gasteiger charge is 2.22. The van der Waals surface area contributed by atoms with Crippen molar-refractivity contribution in [2.45, 2.75) is 64.8 Å². The van der Waals surface area contributed by atoms with Gasteiger partial charge in [0, 0.05) is 25.1 Å². The summed E-state index contributed by atoms with van der Waals surface area (Å²) in [4.78, 5) is 23.3. The van der Waals surface area contributed by atoms with E-state index in [2.05, 4.69) is 23.5 Å². The van der Waals surface area contributed by atoms with E-state index in [-0.39, 0.29) is 36.3 Å². The van der Waals surface area contributed by atoms with E-state index >= 15 is 0 Å². The molecule has 0 spiro atoms. The first-order valence-corrected chi connectivity index (χ1v) is 13.6. The number of nitro benzene ring substituents is 1. The molecule has 0 saturated heterocycles. The molecule has 8 nitrogen and oxygen atoms in total. The highest BCUT2D eigenvalue weighted by molar-refractivity contribution is 7.92. The maximum Gasteiger partial charge on any atom is 0.271 e. The number of carbonyl (C=O) groups is 1. The first-order valence-electron chi connectivity index (χ1n) is 11.7. The van der Waals surface area contributed by atoms with Gasteiger partial charge < -0.3 is 5.32 Å². The molecule has 0 heterocycles. The highest BCUT2D eigenvalue weighted by atomic mass is 32.2. The lowest BCUT2D eigenvalue weighted by atomic mass is 9.89. The Hall–Kier alpha value is -2.94. The molecule has 0 aliphatic heterocycles. The number of anilines is 1. The van der Waals surface area contributed by atoms with Gasteiger partial charge in [-0.2, -0.15) is 0 Å². The number of nitrogens with one attached hydrogen (secondary N) is 1. The molecule has 3 rings (SSSR count). The van der Waals surface area contributed by atoms with Gasteiger partial charge in [0.1, 0.15) is 0 Å². The van der Waals surface area contributed by atoms with E-state index in [0.717, 1.165) is 35.4 Å². The molecule has 0 saturated carbocycles. The van der Waals surface area contributed by atoms with Gasteiger partial charge >= 0.3 is 0 Å². The summed E-state index contributed by atoms with van der Waals surface area (Å²) in [6.07, 6.45) is 6.87. The zero-order chi connectivity index (χ0) is 24.9. The molecule has 0 bridgehead atoms. The Labute approximate surface area is 201 Å². The lowest BCUT2D eigenvalue weighted by Crippen LogP contribution is -2.33. The molecule has 34 heavy (non-hydrogen) atoms. The average molecular weight is 488 g/mol. The summed E-state index contributed by atoms with van der Waals surface area (Å²) in [5.41, 5.74) is 4.56. The minimum absolute atomic E-state index is 0.0594. The van der Waals surface area contributed by atoms with E-state index in [4.69, 9.17) is 0 Å². The topological polar surface area (TPSA) is 110 Å². The van der Waals surface area contributed by atoms with Crippen LogP contribution in [0.15, 0.2) is 36.4 Å². The van der Waals surface area contributed by atoms with Crippen LogP contribution < -0.4 is 9.62 Å². The fraction of sp³-hybridized carbons (Fsp3) is 0.480. The Bertz CT molecular complexity index is 1160. The Morgan fingerprint density at radius 1 is 1.15 bits per heavy atom. The standard InChI is InChI=1S/C25H33N3O5S/c1-4-23(21-13-12-19-8-5-6-9-20(19)16-21)26-25(29)10-7-15-27(34(3,32)33)24-17-22(28(30)31)14-11-18(24)2/h11-14,16-17,23H,4-10,15H2,1-3H3,(H,26,29)/t23-/m1/s1. The lowest BCUT2D eigenvalue weighted by molar-refractivity contribution is -0.384. The maximum atomic E-state index is 12.7. The molecule has 1 N–H and O–H groups in total. The van der Waals surface area contributed by atoms with Gasteiger partial charge in [-0.05, 0) is 67.7 Å². The summed E-state index contributed by atoms with van der Waals surface area (Å²) >= 11 is 0. The molecule has 1 aliphatic carbocycles. The molecule has 2 aromatic carbocycles. The van der Waals surface area contributed by atoms with Gasteiger partial charge in [0.15, 0.2) is 0 Å². The van der Waals surface area contributed by atoms with Crippen LogP contribution in [0.1, 0.15) is 67.3 Å². The number of carbonyl (C=O) groups excluding carboxylic acids is 1. The Kier molecular flexibility index (Phi) is 8.30. The molecule has 184 valence electrons. The van der Waals surface area contributed by atoms with E-state index in [1.807, 2.05) is 6.92 Å². The average Bonchev–Trinajstić information content (AvgIpc) is 2.79. The summed E-state index contributed by atoms with van der Waals surface area (Å²) in [7, 11) is -3.68. The fourth-order valence-corrected chi connectivity index (χ4v) is 5.50. The van der Waals surface area contributed by atoms with Crippen molar-refractivity contribution >= 4 is 27.3 Å². The summed E-state index contributed by atoms with van der Waals surface area (Å²) in [5.74, 6) is -0.145. The summed E-state index contributed by atoms with van der Waals surface area (Å²) in [5, 5.41) is 14.2. The van der Waals surface area contributed by atoms with Crippen molar-refractivity contribution in [3.8, 4) is 0 Å². The number of benzene rings is 2. The van der Waals surface area contributed by atoms with Crippen molar-refractivity contribution in [3.05, 3.63) is 68.8 Å². The van der Waals surface area contributed by atoms with Crippen molar-refractivity contribution in [2.75, 3.05) is 17.1 Å². The molecular weight excluding hydrogens is 454 g/mol. The number of nitrogens with zero attached hydrogens (tertiary/aromatic N) is 2. The fourth-order valence-electron chi connectivity index (χ4n) is 4.49. The number of non-ortho nitro benzene ring substituents is 1. The molecule has 0 aromatic heterocycles. The monoisotopic (exact) mass is 487 g/mol. The first-order chi connectivity index (χ1) is 16.1. The maximum absolute atomic E-state index is 12.7. The first kappa shape index (κ1) is 25.7. The smallest absolute Gasteiger partial charge is 0.271 e. The van der Waals surface area contributed by atoms with Gasteiger partial charge in [-0.1, -0.05) is 31.2 Å². The SMILES string of the molecule is CC[C@@H](NC(=O)CCCN(c1cc([N+](=O)[O-])ccc1C)S(C)(=O)=O)c1ccc2c(c1)CCCC2. The third-order valence-electron chi connectivity index (χ3n) is 6.36. The van der Waals surface area contributed by atoms with Crippen LogP contribution in [0.25, 0.3) is 0 Å². The van der Waals surface area contributed by atoms with Crippen LogP contribution in [-0.4, -0.2) is 32.0 Å². The van der Waals surface area contributed by atoms with E-state index in [0.29, 0.717) is 12.0 Å². The summed E-state index contributed by atoms with van der Waals surface area (Å²) in [6, 6.07) is 10.5. The van der Waals surface area contributed by atoms with Crippen molar-refractivity contribution in [2.24, 2.45) is 0 Å². The van der Waals surface area contributed by atoms with Gasteiger partial charge in [0.05, 0.1) is 22.9 Å². The van der Waals surface area contributed by atoms with Gasteiger partial charge in [0.25, 0.3) is 5.69 Å². The lowest BCUT2D eigenvalue weighted by Gasteiger charge is -2.24. The van der Waals surface area contributed by atoms with Crippen LogP contribution in [0.2, 0.25) is 0 Å². The van der Waals surface area contributed by atoms with Crippen molar-refractivity contribution < 1.29 is 18.1 Å². The number of sulfonamides is 1. The molecule has 1 aliphatic rings. The number of amides is 1. The number of fused-ring (bicyclic) bond motifs is 1. The molecule has 1 atom stereocenters. The van der Waals surface area contributed by atoms with Crippen molar-refractivity contribution in [1.29, 1.82) is 0 Å². The second-order valence-electron chi connectivity index (χ2n) is 8.93. The number of hydrogen-bond donors (Lipinski definition) is 1. The predicted molar refractivity (Wildman–Crippen MR) is 134 cm³/mol. The van der Waals surface area contributed by atoms with Crippen LogP contribution in [0.3, 0.4) is 0 Å². The molecule has 1 amide bonds. The number of nitro groups is 1. The van der Waals surface area contributed by atoms with E-state index in [9.17, 15) is 23.3 Å². The van der Waals surface area contributed by atoms with Crippen LogP contribution in [0, 0.1) is 17.0 Å². The Morgan fingerprint density at radius 2 is 1.85 bits per heavy atom. The molecule has 2 aromatic rings. The van der Waals surface area contributed by atoms with E-state index in [1.165, 1.54) is 42.2 Å². The number of aryl methyl sites for hydroxylation is 3. The third-order valence-corrected chi connectivity index (χ3v) is 7.54. The Balaban J connectivity index is 1.65. The second-order valence-corrected chi connectivity index (χ2v) is 10.8. The van der Waals surface area contributed by atoms with Crippen molar-refractivity contribution in [1.82, 2.24) is 5.32 Å². The molecule has 0 fully saturated rings. The normalized spacial score (nSPS) is 14.2. The number of hydrogen-bond acceptors (Lipinski definition) is 5. The largest absolute Gasteiger partial charge is 0.349 e. The third kappa shape index (κ3) is 6.34. The van der Waals surface area contributed by atoms with Gasteiger partial charge in [0.2, 0.25) is 15.9 Å². The minimum Gasteiger partial charge on any atom is -0.349 e. The highest BCUT2D eigenvalue weighted by Crippen LogP contribution is 2.28. The minimum atomic E-state index is -3.68. The quantitative estimate of drug-likeness (QED) is 0.389. The number of rotatable bonds is 10. The van der Waals surface area contributed by atoms with E-state index < -0.39 is 14.9 Å². The van der Waals surface area contributed by atoms with Crippen molar-refractivity contribution in [3.63, 3.8) is 0 Å². The molecule has 9 heteroatoms. The zero-order valence-electron chi connectivity index (χ0n) is 20.0. The van der Waals surface area contributed by atoms with Gasteiger partial charge in [-0.3, -0.25) is 19.2 Å². The second kappa shape index (κ2) is 11.0. The van der Waals surface area contributed by atoms with Crippen LogP contribution >= 0.6 is 0 Å². The van der Waals surface area contributed by atoms with Gasteiger partial charge in [-0.25, -0.2) is 8.42 Å².